The summed E-state index contributed by atoms with van der Waals surface area (Å²) in [5.74, 6) is 0.663. The van der Waals surface area contributed by atoms with Crippen LogP contribution in [0.4, 0.5) is 0 Å². The van der Waals surface area contributed by atoms with Crippen LogP contribution in [0.1, 0.15) is 31.7 Å². The fourth-order valence-electron chi connectivity index (χ4n) is 3.73. The van der Waals surface area contributed by atoms with Gasteiger partial charge in [-0.1, -0.05) is 30.3 Å². The molecule has 2 N–H and O–H groups in total. The molecule has 22 heavy (non-hydrogen) atoms. The Bertz CT molecular complexity index is 508. The van der Waals surface area contributed by atoms with E-state index in [4.69, 9.17) is 5.73 Å². The first-order chi connectivity index (χ1) is 10.6. The highest BCUT2D eigenvalue weighted by molar-refractivity contribution is 5.87. The van der Waals surface area contributed by atoms with E-state index in [-0.39, 0.29) is 5.91 Å². The smallest absolute Gasteiger partial charge is 0.246 e. The second-order valence-electron chi connectivity index (χ2n) is 6.98. The molecule has 2 saturated heterocycles. The molecule has 2 atom stereocenters. The van der Waals surface area contributed by atoms with Crippen LogP contribution in [-0.4, -0.2) is 48.4 Å². The molecule has 2 aliphatic heterocycles. The van der Waals surface area contributed by atoms with E-state index >= 15 is 0 Å². The summed E-state index contributed by atoms with van der Waals surface area (Å²) in [6.45, 7) is 7.12. The molecule has 0 aliphatic carbocycles. The van der Waals surface area contributed by atoms with Crippen molar-refractivity contribution >= 4 is 5.91 Å². The lowest BCUT2D eigenvalue weighted by atomic mass is 9.92. The molecule has 1 amide bonds. The minimum atomic E-state index is -0.927. The first-order valence-corrected chi connectivity index (χ1v) is 8.43. The normalized spacial score (nSPS) is 25.4. The minimum Gasteiger partial charge on any atom is -0.340 e. The molecule has 0 saturated carbocycles. The Balaban J connectivity index is 1.61. The molecule has 2 heterocycles. The number of benzene rings is 1. The van der Waals surface area contributed by atoms with Gasteiger partial charge in [0.2, 0.25) is 5.91 Å². The second-order valence-corrected chi connectivity index (χ2v) is 6.98. The zero-order chi connectivity index (χ0) is 15.6. The second kappa shape index (κ2) is 6.39. The number of hydrogen-bond donors (Lipinski definition) is 1. The van der Waals surface area contributed by atoms with Gasteiger partial charge in [-0.3, -0.25) is 4.79 Å². The maximum atomic E-state index is 12.8. The van der Waals surface area contributed by atoms with Gasteiger partial charge >= 0.3 is 0 Å². The van der Waals surface area contributed by atoms with E-state index in [1.54, 1.807) is 0 Å². The zero-order valence-electron chi connectivity index (χ0n) is 13.5. The summed E-state index contributed by atoms with van der Waals surface area (Å²) < 4.78 is 0. The minimum absolute atomic E-state index is 0.0580. The summed E-state index contributed by atoms with van der Waals surface area (Å²) in [4.78, 5) is 17.3. The van der Waals surface area contributed by atoms with E-state index in [1.165, 1.54) is 25.9 Å². The number of hydrogen-bond acceptors (Lipinski definition) is 3. The molecular weight excluding hydrogens is 274 g/mol. The SMILES string of the molecule is CC(N)(C(=O)N1CCC(CN2CCCC2)C1)c1ccccc1. The summed E-state index contributed by atoms with van der Waals surface area (Å²) in [5, 5.41) is 0. The Kier molecular flexibility index (Phi) is 4.50. The Labute approximate surface area is 133 Å². The Morgan fingerprint density at radius 2 is 1.91 bits per heavy atom. The monoisotopic (exact) mass is 301 g/mol. The molecule has 2 fully saturated rings. The van der Waals surface area contributed by atoms with Crippen LogP contribution in [0, 0.1) is 5.92 Å². The van der Waals surface area contributed by atoms with Gasteiger partial charge < -0.3 is 15.5 Å². The highest BCUT2D eigenvalue weighted by Crippen LogP contribution is 2.26. The number of amides is 1. The van der Waals surface area contributed by atoms with Crippen LogP contribution >= 0.6 is 0 Å². The lowest BCUT2D eigenvalue weighted by Crippen LogP contribution is -2.50. The van der Waals surface area contributed by atoms with Crippen molar-refractivity contribution in [3.8, 4) is 0 Å². The standard InChI is InChI=1S/C18H27N3O/c1-18(19,16-7-3-2-4-8-16)17(22)21-12-9-15(14-21)13-20-10-5-6-11-20/h2-4,7-8,15H,5-6,9-14,19H2,1H3. The molecule has 0 aromatic heterocycles. The number of carbonyl (C=O) groups is 1. The number of likely N-dealkylation sites (tertiary alicyclic amines) is 2. The Morgan fingerprint density at radius 3 is 2.59 bits per heavy atom. The van der Waals surface area contributed by atoms with Gasteiger partial charge in [-0.25, -0.2) is 0 Å². The van der Waals surface area contributed by atoms with E-state index in [0.29, 0.717) is 5.92 Å². The van der Waals surface area contributed by atoms with Crippen molar-refractivity contribution in [3.63, 3.8) is 0 Å². The predicted octanol–water partition coefficient (Wildman–Crippen LogP) is 1.80. The van der Waals surface area contributed by atoms with Gasteiger partial charge in [-0.2, -0.15) is 0 Å². The van der Waals surface area contributed by atoms with Crippen LogP contribution in [0.15, 0.2) is 30.3 Å². The van der Waals surface area contributed by atoms with Crippen molar-refractivity contribution in [3.05, 3.63) is 35.9 Å². The van der Waals surface area contributed by atoms with Gasteiger partial charge in [-0.15, -0.1) is 0 Å². The van der Waals surface area contributed by atoms with Gasteiger partial charge in [0.05, 0.1) is 0 Å². The molecule has 2 aliphatic rings. The molecule has 2 unspecified atom stereocenters. The first kappa shape index (κ1) is 15.5. The predicted molar refractivity (Wildman–Crippen MR) is 88.3 cm³/mol. The number of nitrogens with two attached hydrogens (primary N) is 1. The number of rotatable bonds is 4. The van der Waals surface area contributed by atoms with Crippen molar-refractivity contribution in [1.82, 2.24) is 9.80 Å². The zero-order valence-corrected chi connectivity index (χ0v) is 13.5. The average Bonchev–Trinajstić information content (AvgIpc) is 3.20. The third-order valence-corrected chi connectivity index (χ3v) is 5.11. The lowest BCUT2D eigenvalue weighted by molar-refractivity contribution is -0.135. The van der Waals surface area contributed by atoms with Crippen molar-refractivity contribution in [2.75, 3.05) is 32.7 Å². The van der Waals surface area contributed by atoms with Crippen LogP contribution in [-0.2, 0) is 10.3 Å². The fourth-order valence-corrected chi connectivity index (χ4v) is 3.73. The molecule has 0 bridgehead atoms. The molecule has 4 heteroatoms. The molecule has 4 nitrogen and oxygen atoms in total. The molecular formula is C18H27N3O. The lowest BCUT2D eigenvalue weighted by Gasteiger charge is -2.30. The maximum Gasteiger partial charge on any atom is 0.246 e. The van der Waals surface area contributed by atoms with Gasteiger partial charge in [0.15, 0.2) is 0 Å². The van der Waals surface area contributed by atoms with E-state index in [9.17, 15) is 4.79 Å². The van der Waals surface area contributed by atoms with Crippen LogP contribution in [0.25, 0.3) is 0 Å². The maximum absolute atomic E-state index is 12.8. The van der Waals surface area contributed by atoms with Crippen molar-refractivity contribution in [2.45, 2.75) is 31.7 Å². The Morgan fingerprint density at radius 1 is 1.23 bits per heavy atom. The molecule has 1 aromatic rings. The topological polar surface area (TPSA) is 49.6 Å². The molecule has 1 aromatic carbocycles. The highest BCUT2D eigenvalue weighted by atomic mass is 16.2. The quantitative estimate of drug-likeness (QED) is 0.922. The van der Waals surface area contributed by atoms with E-state index < -0.39 is 5.54 Å². The van der Waals surface area contributed by atoms with Crippen molar-refractivity contribution in [2.24, 2.45) is 11.7 Å². The van der Waals surface area contributed by atoms with E-state index in [0.717, 1.165) is 31.6 Å². The van der Waals surface area contributed by atoms with Gasteiger partial charge in [0.1, 0.15) is 5.54 Å². The van der Waals surface area contributed by atoms with Gasteiger partial charge in [0.25, 0.3) is 0 Å². The molecule has 0 radical (unpaired) electrons. The highest BCUT2D eigenvalue weighted by Gasteiger charge is 2.38. The first-order valence-electron chi connectivity index (χ1n) is 8.43. The van der Waals surface area contributed by atoms with Crippen molar-refractivity contribution in [1.29, 1.82) is 0 Å². The summed E-state index contributed by atoms with van der Waals surface area (Å²) in [6, 6.07) is 9.71. The van der Waals surface area contributed by atoms with Crippen molar-refractivity contribution < 1.29 is 4.79 Å². The third-order valence-electron chi connectivity index (χ3n) is 5.11. The molecule has 0 spiro atoms. The van der Waals surface area contributed by atoms with E-state index in [1.807, 2.05) is 42.2 Å². The van der Waals surface area contributed by atoms with Crippen LogP contribution < -0.4 is 5.73 Å². The average molecular weight is 301 g/mol. The molecule has 120 valence electrons. The fraction of sp³-hybridized carbons (Fsp3) is 0.611. The summed E-state index contributed by atoms with van der Waals surface area (Å²) in [7, 11) is 0. The van der Waals surface area contributed by atoms with Crippen LogP contribution in [0.3, 0.4) is 0 Å². The summed E-state index contributed by atoms with van der Waals surface area (Å²) >= 11 is 0. The molecule has 3 rings (SSSR count). The third kappa shape index (κ3) is 3.18. The van der Waals surface area contributed by atoms with Crippen LogP contribution in [0.2, 0.25) is 0 Å². The van der Waals surface area contributed by atoms with Gasteiger partial charge in [0, 0.05) is 19.6 Å². The summed E-state index contributed by atoms with van der Waals surface area (Å²) in [6.07, 6.45) is 3.75. The summed E-state index contributed by atoms with van der Waals surface area (Å²) in [5.41, 5.74) is 6.33. The number of nitrogens with zero attached hydrogens (tertiary/aromatic N) is 2. The largest absolute Gasteiger partial charge is 0.340 e. The Hall–Kier alpha value is -1.39. The van der Waals surface area contributed by atoms with E-state index in [2.05, 4.69) is 4.90 Å². The number of carbonyl (C=O) groups excluding carboxylic acids is 1. The van der Waals surface area contributed by atoms with Gasteiger partial charge in [-0.05, 0) is 50.8 Å². The van der Waals surface area contributed by atoms with Crippen LogP contribution in [0.5, 0.6) is 0 Å².